The highest BCUT2D eigenvalue weighted by Crippen LogP contribution is 2.37. The molecule has 2 unspecified atom stereocenters. The standard InChI is InChI=1S/C13H14F4N2O/c14-11-8(4-3-7-18-11)12(20)19-10-6-2-1-5-9(10)13(15,16)17/h3-4,7,9-10H,1-2,5-6H2,(H,19,20). The summed E-state index contributed by atoms with van der Waals surface area (Å²) in [6, 6.07) is 1.55. The molecule has 1 aliphatic carbocycles. The Morgan fingerprint density at radius 1 is 1.30 bits per heavy atom. The van der Waals surface area contributed by atoms with Crippen LogP contribution in [-0.2, 0) is 0 Å². The van der Waals surface area contributed by atoms with Crippen LogP contribution in [0, 0.1) is 11.9 Å². The molecule has 0 bridgehead atoms. The molecule has 7 heteroatoms. The van der Waals surface area contributed by atoms with Gasteiger partial charge in [0.15, 0.2) is 0 Å². The van der Waals surface area contributed by atoms with Gasteiger partial charge in [0.2, 0.25) is 5.95 Å². The van der Waals surface area contributed by atoms with Crippen molar-refractivity contribution >= 4 is 5.91 Å². The summed E-state index contributed by atoms with van der Waals surface area (Å²) in [5.74, 6) is -3.40. The predicted molar refractivity (Wildman–Crippen MR) is 63.5 cm³/mol. The first-order valence-electron chi connectivity index (χ1n) is 6.37. The molecule has 1 N–H and O–H groups in total. The Labute approximate surface area is 113 Å². The van der Waals surface area contributed by atoms with Gasteiger partial charge in [0.25, 0.3) is 5.91 Å². The summed E-state index contributed by atoms with van der Waals surface area (Å²) >= 11 is 0. The third-order valence-corrected chi connectivity index (χ3v) is 3.51. The molecule has 110 valence electrons. The molecular formula is C13H14F4N2O. The second-order valence-corrected chi connectivity index (χ2v) is 4.85. The van der Waals surface area contributed by atoms with E-state index in [9.17, 15) is 22.4 Å². The van der Waals surface area contributed by atoms with Crippen molar-refractivity contribution < 1.29 is 22.4 Å². The number of carbonyl (C=O) groups is 1. The highest BCUT2D eigenvalue weighted by molar-refractivity contribution is 5.94. The maximum absolute atomic E-state index is 13.3. The fraction of sp³-hybridized carbons (Fsp3) is 0.538. The van der Waals surface area contributed by atoms with Gasteiger partial charge >= 0.3 is 6.18 Å². The normalized spacial score (nSPS) is 23.4. The minimum atomic E-state index is -4.36. The van der Waals surface area contributed by atoms with Crippen molar-refractivity contribution in [3.8, 4) is 0 Å². The van der Waals surface area contributed by atoms with Crippen molar-refractivity contribution in [1.29, 1.82) is 0 Å². The fourth-order valence-electron chi connectivity index (χ4n) is 2.50. The summed E-state index contributed by atoms with van der Waals surface area (Å²) < 4.78 is 52.0. The third-order valence-electron chi connectivity index (χ3n) is 3.51. The van der Waals surface area contributed by atoms with Gasteiger partial charge in [-0.3, -0.25) is 4.79 Å². The zero-order valence-electron chi connectivity index (χ0n) is 10.6. The Morgan fingerprint density at radius 3 is 2.65 bits per heavy atom. The second kappa shape index (κ2) is 5.76. The summed E-state index contributed by atoms with van der Waals surface area (Å²) in [5.41, 5.74) is -0.334. The van der Waals surface area contributed by atoms with Crippen LogP contribution >= 0.6 is 0 Å². The lowest BCUT2D eigenvalue weighted by molar-refractivity contribution is -0.187. The van der Waals surface area contributed by atoms with Crippen LogP contribution in [0.2, 0.25) is 0 Å². The minimum absolute atomic E-state index is 0.00995. The number of hydrogen-bond donors (Lipinski definition) is 1. The van der Waals surface area contributed by atoms with E-state index in [0.717, 1.165) is 0 Å². The predicted octanol–water partition coefficient (Wildman–Crippen LogP) is 3.07. The first-order valence-corrected chi connectivity index (χ1v) is 6.37. The lowest BCUT2D eigenvalue weighted by atomic mass is 9.84. The number of pyridine rings is 1. The van der Waals surface area contributed by atoms with Crippen molar-refractivity contribution in [2.24, 2.45) is 5.92 Å². The summed E-state index contributed by atoms with van der Waals surface area (Å²) in [6.45, 7) is 0. The third kappa shape index (κ3) is 3.26. The van der Waals surface area contributed by atoms with Gasteiger partial charge in [-0.25, -0.2) is 4.98 Å². The molecule has 2 atom stereocenters. The number of hydrogen-bond acceptors (Lipinski definition) is 2. The Balaban J connectivity index is 2.11. The summed E-state index contributed by atoms with van der Waals surface area (Å²) in [7, 11) is 0. The van der Waals surface area contributed by atoms with Gasteiger partial charge in [0.05, 0.1) is 11.5 Å². The van der Waals surface area contributed by atoms with Gasteiger partial charge in [-0.05, 0) is 25.0 Å². The molecule has 1 heterocycles. The van der Waals surface area contributed by atoms with Crippen LogP contribution in [-0.4, -0.2) is 23.1 Å². The molecule has 1 aromatic heterocycles. The van der Waals surface area contributed by atoms with Crippen molar-refractivity contribution in [1.82, 2.24) is 10.3 Å². The number of nitrogens with zero attached hydrogens (tertiary/aromatic N) is 1. The highest BCUT2D eigenvalue weighted by Gasteiger charge is 2.46. The van der Waals surface area contributed by atoms with Crippen LogP contribution in [0.25, 0.3) is 0 Å². The van der Waals surface area contributed by atoms with Crippen LogP contribution in [0.4, 0.5) is 17.6 Å². The zero-order chi connectivity index (χ0) is 14.8. The van der Waals surface area contributed by atoms with Gasteiger partial charge in [-0.15, -0.1) is 0 Å². The van der Waals surface area contributed by atoms with E-state index >= 15 is 0 Å². The van der Waals surface area contributed by atoms with Crippen LogP contribution in [0.1, 0.15) is 36.0 Å². The van der Waals surface area contributed by atoms with Gasteiger partial charge < -0.3 is 5.32 Å². The summed E-state index contributed by atoms with van der Waals surface area (Å²) in [6.07, 6.45) is -1.84. The van der Waals surface area contributed by atoms with Crippen molar-refractivity contribution in [2.75, 3.05) is 0 Å². The van der Waals surface area contributed by atoms with Gasteiger partial charge in [-0.1, -0.05) is 12.8 Å². The Hall–Kier alpha value is -1.66. The Bertz CT molecular complexity index is 490. The molecule has 1 saturated carbocycles. The fourth-order valence-corrected chi connectivity index (χ4v) is 2.50. The minimum Gasteiger partial charge on any atom is -0.349 e. The molecular weight excluding hydrogens is 276 g/mol. The lowest BCUT2D eigenvalue weighted by Crippen LogP contribution is -2.47. The average Bonchev–Trinajstić information content (AvgIpc) is 2.38. The molecule has 0 spiro atoms. The molecule has 2 rings (SSSR count). The molecule has 0 saturated heterocycles. The van der Waals surface area contributed by atoms with E-state index in [4.69, 9.17) is 0 Å². The Kier molecular flexibility index (Phi) is 4.25. The molecule has 1 amide bonds. The monoisotopic (exact) mass is 290 g/mol. The van der Waals surface area contributed by atoms with E-state index < -0.39 is 30.0 Å². The number of alkyl halides is 3. The molecule has 1 fully saturated rings. The number of aromatic nitrogens is 1. The topological polar surface area (TPSA) is 42.0 Å². The van der Waals surface area contributed by atoms with E-state index in [1.165, 1.54) is 18.3 Å². The number of carbonyl (C=O) groups excluding carboxylic acids is 1. The number of amides is 1. The van der Waals surface area contributed by atoms with Gasteiger partial charge in [0, 0.05) is 12.2 Å². The lowest BCUT2D eigenvalue weighted by Gasteiger charge is -2.33. The molecule has 0 radical (unpaired) electrons. The van der Waals surface area contributed by atoms with E-state index in [1.54, 1.807) is 0 Å². The largest absolute Gasteiger partial charge is 0.393 e. The molecule has 20 heavy (non-hydrogen) atoms. The number of halogens is 4. The van der Waals surface area contributed by atoms with Crippen molar-refractivity contribution in [2.45, 2.75) is 37.9 Å². The van der Waals surface area contributed by atoms with Crippen molar-refractivity contribution in [3.63, 3.8) is 0 Å². The first-order chi connectivity index (χ1) is 9.39. The number of nitrogens with one attached hydrogen (secondary N) is 1. The SMILES string of the molecule is O=C(NC1CCCCC1C(F)(F)F)c1cccnc1F. The van der Waals surface area contributed by atoms with Crippen LogP contribution in [0.5, 0.6) is 0 Å². The van der Waals surface area contributed by atoms with Crippen LogP contribution in [0.3, 0.4) is 0 Å². The van der Waals surface area contributed by atoms with Gasteiger partial charge in [-0.2, -0.15) is 17.6 Å². The maximum atomic E-state index is 13.3. The van der Waals surface area contributed by atoms with Gasteiger partial charge in [0.1, 0.15) is 0 Å². The molecule has 0 aliphatic heterocycles. The second-order valence-electron chi connectivity index (χ2n) is 4.85. The average molecular weight is 290 g/mol. The smallest absolute Gasteiger partial charge is 0.349 e. The van der Waals surface area contributed by atoms with Crippen LogP contribution in [0.15, 0.2) is 18.3 Å². The summed E-state index contributed by atoms with van der Waals surface area (Å²) in [4.78, 5) is 15.2. The maximum Gasteiger partial charge on any atom is 0.393 e. The van der Waals surface area contributed by atoms with Crippen LogP contribution < -0.4 is 5.32 Å². The Morgan fingerprint density at radius 2 is 2.00 bits per heavy atom. The molecule has 1 aliphatic rings. The number of rotatable bonds is 2. The van der Waals surface area contributed by atoms with E-state index in [2.05, 4.69) is 10.3 Å². The summed E-state index contributed by atoms with van der Waals surface area (Å²) in [5, 5.41) is 2.29. The van der Waals surface area contributed by atoms with E-state index in [1.807, 2.05) is 0 Å². The molecule has 1 aromatic rings. The molecule has 3 nitrogen and oxygen atoms in total. The highest BCUT2D eigenvalue weighted by atomic mass is 19.4. The quantitative estimate of drug-likeness (QED) is 0.672. The zero-order valence-corrected chi connectivity index (χ0v) is 10.6. The molecule has 0 aromatic carbocycles. The first kappa shape index (κ1) is 14.7. The van der Waals surface area contributed by atoms with Crippen molar-refractivity contribution in [3.05, 3.63) is 29.8 Å². The van der Waals surface area contributed by atoms with E-state index in [0.29, 0.717) is 12.8 Å². The van der Waals surface area contributed by atoms with E-state index in [-0.39, 0.29) is 18.4 Å².